The van der Waals surface area contributed by atoms with Crippen molar-refractivity contribution in [1.29, 1.82) is 0 Å². The Labute approximate surface area is 86.8 Å². The molecular formula is C11H23NS. The van der Waals surface area contributed by atoms with E-state index in [2.05, 4.69) is 18.7 Å². The molecule has 0 bridgehead atoms. The Bertz CT molecular complexity index is 127. The smallest absolute Gasteiger partial charge is 0.00873 e. The van der Waals surface area contributed by atoms with Gasteiger partial charge in [-0.15, -0.1) is 0 Å². The second kappa shape index (κ2) is 6.72. The molecule has 0 saturated heterocycles. The third-order valence-electron chi connectivity index (χ3n) is 2.93. The molecule has 0 aromatic rings. The summed E-state index contributed by atoms with van der Waals surface area (Å²) < 4.78 is 0. The van der Waals surface area contributed by atoms with Crippen LogP contribution in [0.2, 0.25) is 0 Å². The number of rotatable bonds is 4. The van der Waals surface area contributed by atoms with Crippen molar-refractivity contribution in [2.75, 3.05) is 12.3 Å². The van der Waals surface area contributed by atoms with E-state index in [1.54, 1.807) is 0 Å². The van der Waals surface area contributed by atoms with Gasteiger partial charge in [0.15, 0.2) is 0 Å². The molecule has 0 spiro atoms. The van der Waals surface area contributed by atoms with Gasteiger partial charge in [-0.2, -0.15) is 11.8 Å². The molecule has 2 atom stereocenters. The van der Waals surface area contributed by atoms with E-state index in [0.717, 1.165) is 17.7 Å². The fourth-order valence-corrected chi connectivity index (χ4v) is 3.50. The molecule has 2 heteroatoms. The highest BCUT2D eigenvalue weighted by Crippen LogP contribution is 2.31. The SMILES string of the molecule is CCCSC1CCCCCC1CN. The zero-order valence-electron chi connectivity index (χ0n) is 8.80. The highest BCUT2D eigenvalue weighted by atomic mass is 32.2. The van der Waals surface area contributed by atoms with E-state index in [1.807, 2.05) is 0 Å². The zero-order valence-corrected chi connectivity index (χ0v) is 9.61. The fraction of sp³-hybridized carbons (Fsp3) is 1.00. The largest absolute Gasteiger partial charge is 0.330 e. The average molecular weight is 201 g/mol. The summed E-state index contributed by atoms with van der Waals surface area (Å²) >= 11 is 2.16. The molecule has 1 rings (SSSR count). The van der Waals surface area contributed by atoms with Gasteiger partial charge >= 0.3 is 0 Å². The Balaban J connectivity index is 2.34. The van der Waals surface area contributed by atoms with Crippen molar-refractivity contribution in [3.63, 3.8) is 0 Å². The number of hydrogen-bond acceptors (Lipinski definition) is 2. The van der Waals surface area contributed by atoms with Gasteiger partial charge in [0.05, 0.1) is 0 Å². The molecule has 0 aromatic carbocycles. The summed E-state index contributed by atoms with van der Waals surface area (Å²) in [6, 6.07) is 0. The van der Waals surface area contributed by atoms with Crippen molar-refractivity contribution in [2.24, 2.45) is 11.7 Å². The van der Waals surface area contributed by atoms with Crippen molar-refractivity contribution in [3.8, 4) is 0 Å². The molecule has 78 valence electrons. The maximum absolute atomic E-state index is 5.82. The molecule has 1 nitrogen and oxygen atoms in total. The van der Waals surface area contributed by atoms with E-state index in [-0.39, 0.29) is 0 Å². The molecule has 1 saturated carbocycles. The van der Waals surface area contributed by atoms with E-state index >= 15 is 0 Å². The average Bonchev–Trinajstić information content (AvgIpc) is 2.39. The Kier molecular flexibility index (Phi) is 5.88. The second-order valence-corrected chi connectivity index (χ2v) is 5.39. The number of nitrogens with two attached hydrogens (primary N) is 1. The van der Waals surface area contributed by atoms with E-state index in [9.17, 15) is 0 Å². The van der Waals surface area contributed by atoms with Gasteiger partial charge < -0.3 is 5.73 Å². The van der Waals surface area contributed by atoms with Gasteiger partial charge in [-0.25, -0.2) is 0 Å². The van der Waals surface area contributed by atoms with E-state index in [0.29, 0.717) is 0 Å². The van der Waals surface area contributed by atoms with E-state index < -0.39 is 0 Å². The lowest BCUT2D eigenvalue weighted by molar-refractivity contribution is 0.483. The van der Waals surface area contributed by atoms with Crippen molar-refractivity contribution < 1.29 is 0 Å². The van der Waals surface area contributed by atoms with Crippen LogP contribution in [0.4, 0.5) is 0 Å². The molecule has 0 aromatic heterocycles. The van der Waals surface area contributed by atoms with Crippen LogP contribution in [-0.4, -0.2) is 17.5 Å². The lowest BCUT2D eigenvalue weighted by Crippen LogP contribution is -2.24. The maximum Gasteiger partial charge on any atom is 0.00873 e. The quantitative estimate of drug-likeness (QED) is 0.708. The first-order valence-electron chi connectivity index (χ1n) is 5.70. The lowest BCUT2D eigenvalue weighted by Gasteiger charge is -2.22. The summed E-state index contributed by atoms with van der Waals surface area (Å²) in [6.07, 6.45) is 8.35. The Hall–Kier alpha value is 0.310. The van der Waals surface area contributed by atoms with Crippen molar-refractivity contribution in [1.82, 2.24) is 0 Å². The molecule has 1 aliphatic rings. The summed E-state index contributed by atoms with van der Waals surface area (Å²) in [5, 5.41) is 0.868. The van der Waals surface area contributed by atoms with Gasteiger partial charge in [-0.3, -0.25) is 0 Å². The fourth-order valence-electron chi connectivity index (χ4n) is 2.11. The van der Waals surface area contributed by atoms with E-state index in [4.69, 9.17) is 5.73 Å². The molecule has 0 aliphatic heterocycles. The predicted molar refractivity (Wildman–Crippen MR) is 62.2 cm³/mol. The van der Waals surface area contributed by atoms with Gasteiger partial charge in [0.25, 0.3) is 0 Å². The minimum Gasteiger partial charge on any atom is -0.330 e. The van der Waals surface area contributed by atoms with Gasteiger partial charge in [0, 0.05) is 5.25 Å². The van der Waals surface area contributed by atoms with Crippen LogP contribution in [-0.2, 0) is 0 Å². The topological polar surface area (TPSA) is 26.0 Å². The number of hydrogen-bond donors (Lipinski definition) is 1. The predicted octanol–water partition coefficient (Wildman–Crippen LogP) is 3.04. The molecule has 2 N–H and O–H groups in total. The lowest BCUT2D eigenvalue weighted by atomic mass is 10.0. The monoisotopic (exact) mass is 201 g/mol. The van der Waals surface area contributed by atoms with Gasteiger partial charge in [-0.1, -0.05) is 26.2 Å². The summed E-state index contributed by atoms with van der Waals surface area (Å²) in [4.78, 5) is 0. The van der Waals surface area contributed by atoms with Crippen LogP contribution < -0.4 is 5.73 Å². The normalized spacial score (nSPS) is 30.0. The molecule has 13 heavy (non-hydrogen) atoms. The summed E-state index contributed by atoms with van der Waals surface area (Å²) in [7, 11) is 0. The second-order valence-electron chi connectivity index (χ2n) is 4.04. The molecule has 2 unspecified atom stereocenters. The Morgan fingerprint density at radius 1 is 1.23 bits per heavy atom. The highest BCUT2D eigenvalue weighted by molar-refractivity contribution is 7.99. The minimum absolute atomic E-state index is 0.805. The van der Waals surface area contributed by atoms with Gasteiger partial charge in [0.2, 0.25) is 0 Å². The van der Waals surface area contributed by atoms with Crippen LogP contribution in [0.3, 0.4) is 0 Å². The Morgan fingerprint density at radius 2 is 2.00 bits per heavy atom. The standard InChI is InChI=1S/C11H23NS/c1-2-8-13-11-7-5-3-4-6-10(11)9-12/h10-11H,2-9,12H2,1H3. The van der Waals surface area contributed by atoms with Gasteiger partial charge in [-0.05, 0) is 37.5 Å². The molecule has 0 heterocycles. The molecular weight excluding hydrogens is 178 g/mol. The van der Waals surface area contributed by atoms with Gasteiger partial charge in [0.1, 0.15) is 0 Å². The first-order chi connectivity index (χ1) is 6.38. The number of thioether (sulfide) groups is 1. The zero-order chi connectivity index (χ0) is 9.52. The van der Waals surface area contributed by atoms with E-state index in [1.165, 1.54) is 44.3 Å². The van der Waals surface area contributed by atoms with Crippen molar-refractivity contribution >= 4 is 11.8 Å². The van der Waals surface area contributed by atoms with Crippen molar-refractivity contribution in [2.45, 2.75) is 50.7 Å². The summed E-state index contributed by atoms with van der Waals surface area (Å²) in [6.45, 7) is 3.17. The molecule has 0 amide bonds. The highest BCUT2D eigenvalue weighted by Gasteiger charge is 2.22. The molecule has 1 aliphatic carbocycles. The summed E-state index contributed by atoms with van der Waals surface area (Å²) in [5.74, 6) is 2.13. The molecule has 1 fully saturated rings. The Morgan fingerprint density at radius 3 is 2.69 bits per heavy atom. The van der Waals surface area contributed by atoms with Crippen LogP contribution in [0.25, 0.3) is 0 Å². The van der Waals surface area contributed by atoms with Crippen LogP contribution in [0, 0.1) is 5.92 Å². The minimum atomic E-state index is 0.805. The van der Waals surface area contributed by atoms with Crippen LogP contribution in [0.5, 0.6) is 0 Å². The van der Waals surface area contributed by atoms with Crippen LogP contribution in [0.15, 0.2) is 0 Å². The first-order valence-corrected chi connectivity index (χ1v) is 6.75. The molecule has 0 radical (unpaired) electrons. The van der Waals surface area contributed by atoms with Crippen molar-refractivity contribution in [3.05, 3.63) is 0 Å². The third kappa shape index (κ3) is 3.90. The maximum atomic E-state index is 5.82. The third-order valence-corrected chi connectivity index (χ3v) is 4.62. The summed E-state index contributed by atoms with van der Waals surface area (Å²) in [5.41, 5.74) is 5.82. The first kappa shape index (κ1) is 11.4. The van der Waals surface area contributed by atoms with Crippen LogP contribution >= 0.6 is 11.8 Å². The van der Waals surface area contributed by atoms with Crippen LogP contribution in [0.1, 0.15) is 45.4 Å².